The van der Waals surface area contributed by atoms with Gasteiger partial charge >= 0.3 is 0 Å². The number of halogens is 1. The Labute approximate surface area is 124 Å². The van der Waals surface area contributed by atoms with Gasteiger partial charge < -0.3 is 0 Å². The molecule has 0 unspecified atom stereocenters. The summed E-state index contributed by atoms with van der Waals surface area (Å²) in [6.45, 7) is 2.08. The number of hydrogen-bond acceptors (Lipinski definition) is 4. The molecule has 6 heteroatoms. The van der Waals surface area contributed by atoms with Crippen LogP contribution in [0.25, 0.3) is 0 Å². The Hall–Kier alpha value is -1.17. The van der Waals surface area contributed by atoms with Crippen LogP contribution < -0.4 is 5.43 Å². The summed E-state index contributed by atoms with van der Waals surface area (Å²) >= 11 is 8.79. The van der Waals surface area contributed by atoms with Crippen LogP contribution in [0.2, 0.25) is 4.34 Å². The number of nitrogens with zero attached hydrogens (tertiary/aromatic N) is 1. The first-order chi connectivity index (χ1) is 9.20. The maximum atomic E-state index is 11.8. The Bertz CT molecular complexity index is 575. The first kappa shape index (κ1) is 14.2. The highest BCUT2D eigenvalue weighted by Crippen LogP contribution is 2.23. The molecule has 0 aromatic carbocycles. The van der Waals surface area contributed by atoms with Crippen LogP contribution in [0.4, 0.5) is 0 Å². The highest BCUT2D eigenvalue weighted by atomic mass is 35.5. The van der Waals surface area contributed by atoms with Gasteiger partial charge in [-0.3, -0.25) is 4.79 Å². The molecule has 2 rings (SSSR count). The molecule has 2 aromatic rings. The number of nitrogens with one attached hydrogen (secondary N) is 1. The van der Waals surface area contributed by atoms with Gasteiger partial charge in [-0.15, -0.1) is 22.7 Å². The summed E-state index contributed by atoms with van der Waals surface area (Å²) in [7, 11) is 0. The van der Waals surface area contributed by atoms with Crippen LogP contribution in [0.5, 0.6) is 0 Å². The van der Waals surface area contributed by atoms with E-state index in [4.69, 9.17) is 11.6 Å². The van der Waals surface area contributed by atoms with E-state index in [9.17, 15) is 4.79 Å². The molecular formula is C13H13ClN2OS2. The first-order valence-corrected chi connectivity index (χ1v) is 7.94. The molecule has 2 heterocycles. The predicted octanol–water partition coefficient (Wildman–Crippen LogP) is 4.40. The molecule has 0 saturated carbocycles. The SMILES string of the molecule is CCC/C(=N/NC(=O)c1cccs1)c1ccc(Cl)s1. The smallest absolute Gasteiger partial charge is 0.266 e. The van der Waals surface area contributed by atoms with Gasteiger partial charge in [0, 0.05) is 0 Å². The molecule has 0 radical (unpaired) electrons. The molecule has 0 bridgehead atoms. The summed E-state index contributed by atoms with van der Waals surface area (Å²) in [6.07, 6.45) is 1.77. The van der Waals surface area contributed by atoms with Crippen molar-refractivity contribution in [3.05, 3.63) is 43.7 Å². The number of thiophene rings is 2. The van der Waals surface area contributed by atoms with Crippen molar-refractivity contribution in [2.24, 2.45) is 5.10 Å². The lowest BCUT2D eigenvalue weighted by Gasteiger charge is -2.03. The lowest BCUT2D eigenvalue weighted by Crippen LogP contribution is -2.18. The largest absolute Gasteiger partial charge is 0.281 e. The van der Waals surface area contributed by atoms with Crippen molar-refractivity contribution in [2.45, 2.75) is 19.8 Å². The van der Waals surface area contributed by atoms with E-state index in [0.717, 1.165) is 27.8 Å². The lowest BCUT2D eigenvalue weighted by atomic mass is 10.2. The van der Waals surface area contributed by atoms with Gasteiger partial charge in [-0.2, -0.15) is 5.10 Å². The van der Waals surface area contributed by atoms with E-state index in [2.05, 4.69) is 17.5 Å². The number of hydrazone groups is 1. The number of carbonyl (C=O) groups is 1. The van der Waals surface area contributed by atoms with Crippen LogP contribution in [-0.4, -0.2) is 11.6 Å². The summed E-state index contributed by atoms with van der Waals surface area (Å²) < 4.78 is 0.725. The predicted molar refractivity (Wildman–Crippen MR) is 82.6 cm³/mol. The molecule has 1 amide bonds. The van der Waals surface area contributed by atoms with Crippen molar-refractivity contribution >= 4 is 45.9 Å². The van der Waals surface area contributed by atoms with E-state index >= 15 is 0 Å². The normalized spacial score (nSPS) is 11.6. The fourth-order valence-corrected chi connectivity index (χ4v) is 3.20. The van der Waals surface area contributed by atoms with Gasteiger partial charge in [0.25, 0.3) is 5.91 Å². The number of amides is 1. The van der Waals surface area contributed by atoms with Crippen LogP contribution in [-0.2, 0) is 0 Å². The fraction of sp³-hybridized carbons (Fsp3) is 0.231. The zero-order chi connectivity index (χ0) is 13.7. The van der Waals surface area contributed by atoms with E-state index < -0.39 is 0 Å². The van der Waals surface area contributed by atoms with Crippen LogP contribution in [0.1, 0.15) is 34.3 Å². The highest BCUT2D eigenvalue weighted by Gasteiger charge is 2.09. The molecular weight excluding hydrogens is 300 g/mol. The second-order valence-corrected chi connectivity index (χ2v) is 6.49. The average Bonchev–Trinajstić information content (AvgIpc) is 3.05. The Morgan fingerprint density at radius 2 is 2.21 bits per heavy atom. The van der Waals surface area contributed by atoms with Crippen LogP contribution in [0.15, 0.2) is 34.7 Å². The van der Waals surface area contributed by atoms with Crippen molar-refractivity contribution in [1.82, 2.24) is 5.43 Å². The Balaban J connectivity index is 2.11. The summed E-state index contributed by atoms with van der Waals surface area (Å²) in [5.74, 6) is -0.175. The molecule has 0 aliphatic carbocycles. The van der Waals surface area contributed by atoms with E-state index in [1.807, 2.05) is 23.6 Å². The summed E-state index contributed by atoms with van der Waals surface area (Å²) in [5.41, 5.74) is 3.47. The third-order valence-electron chi connectivity index (χ3n) is 2.38. The van der Waals surface area contributed by atoms with Crippen molar-refractivity contribution in [3.8, 4) is 0 Å². The van der Waals surface area contributed by atoms with Gasteiger partial charge in [0.15, 0.2) is 0 Å². The second kappa shape index (κ2) is 6.84. The van der Waals surface area contributed by atoms with Crippen LogP contribution in [0, 0.1) is 0 Å². The topological polar surface area (TPSA) is 41.5 Å². The van der Waals surface area contributed by atoms with Crippen molar-refractivity contribution in [1.29, 1.82) is 0 Å². The van der Waals surface area contributed by atoms with Crippen LogP contribution >= 0.6 is 34.3 Å². The van der Waals surface area contributed by atoms with E-state index in [1.54, 1.807) is 6.07 Å². The standard InChI is InChI=1S/C13H13ClN2OS2/c1-2-4-9(10-6-7-12(14)19-10)15-16-13(17)11-5-3-8-18-11/h3,5-8H,2,4H2,1H3,(H,16,17)/b15-9-. The molecule has 0 aliphatic rings. The van der Waals surface area contributed by atoms with Gasteiger partial charge in [0.1, 0.15) is 0 Å². The van der Waals surface area contributed by atoms with Gasteiger partial charge in [-0.1, -0.05) is 31.0 Å². The minimum Gasteiger partial charge on any atom is -0.266 e. The molecule has 0 aliphatic heterocycles. The number of hydrogen-bond donors (Lipinski definition) is 1. The minimum atomic E-state index is -0.175. The maximum absolute atomic E-state index is 11.8. The van der Waals surface area contributed by atoms with Gasteiger partial charge in [-0.25, -0.2) is 5.43 Å². The third kappa shape index (κ3) is 3.89. The molecule has 0 spiro atoms. The zero-order valence-electron chi connectivity index (χ0n) is 10.4. The fourth-order valence-electron chi connectivity index (χ4n) is 1.52. The molecule has 19 heavy (non-hydrogen) atoms. The molecule has 0 saturated heterocycles. The minimum absolute atomic E-state index is 0.175. The van der Waals surface area contributed by atoms with Crippen molar-refractivity contribution in [3.63, 3.8) is 0 Å². The maximum Gasteiger partial charge on any atom is 0.281 e. The van der Waals surface area contributed by atoms with E-state index in [1.165, 1.54) is 22.7 Å². The molecule has 0 atom stereocenters. The molecule has 1 N–H and O–H groups in total. The highest BCUT2D eigenvalue weighted by molar-refractivity contribution is 7.18. The molecule has 100 valence electrons. The summed E-state index contributed by atoms with van der Waals surface area (Å²) in [5, 5.41) is 6.09. The quantitative estimate of drug-likeness (QED) is 0.645. The summed E-state index contributed by atoms with van der Waals surface area (Å²) in [6, 6.07) is 7.39. The van der Waals surface area contributed by atoms with E-state index in [-0.39, 0.29) is 5.91 Å². The zero-order valence-corrected chi connectivity index (χ0v) is 12.7. The van der Waals surface area contributed by atoms with E-state index in [0.29, 0.717) is 4.88 Å². The summed E-state index contributed by atoms with van der Waals surface area (Å²) in [4.78, 5) is 13.5. The Morgan fingerprint density at radius 1 is 1.37 bits per heavy atom. The van der Waals surface area contributed by atoms with Crippen molar-refractivity contribution in [2.75, 3.05) is 0 Å². The number of rotatable bonds is 5. The molecule has 0 fully saturated rings. The van der Waals surface area contributed by atoms with Gasteiger partial charge in [0.05, 0.1) is 19.8 Å². The molecule has 3 nitrogen and oxygen atoms in total. The third-order valence-corrected chi connectivity index (χ3v) is 4.53. The Morgan fingerprint density at radius 3 is 2.79 bits per heavy atom. The van der Waals surface area contributed by atoms with Gasteiger partial charge in [-0.05, 0) is 30.0 Å². The van der Waals surface area contributed by atoms with Crippen LogP contribution in [0.3, 0.4) is 0 Å². The lowest BCUT2D eigenvalue weighted by molar-refractivity contribution is 0.0959. The van der Waals surface area contributed by atoms with Gasteiger partial charge in [0.2, 0.25) is 0 Å². The molecule has 2 aromatic heterocycles. The second-order valence-electron chi connectivity index (χ2n) is 3.83. The van der Waals surface area contributed by atoms with Crippen molar-refractivity contribution < 1.29 is 4.79 Å². The first-order valence-electron chi connectivity index (χ1n) is 5.87. The monoisotopic (exact) mass is 312 g/mol. The Kier molecular flexibility index (Phi) is 5.13. The number of carbonyl (C=O) groups excluding carboxylic acids is 1. The average molecular weight is 313 g/mol.